The van der Waals surface area contributed by atoms with E-state index in [0.717, 1.165) is 0 Å². The van der Waals surface area contributed by atoms with Gasteiger partial charge in [0.25, 0.3) is 5.91 Å². The zero-order valence-electron chi connectivity index (χ0n) is 11.1. The van der Waals surface area contributed by atoms with E-state index in [1.54, 1.807) is 6.92 Å². The number of alkyl halides is 2. The lowest BCUT2D eigenvalue weighted by atomic mass is 9.92. The van der Waals surface area contributed by atoms with Crippen LogP contribution in [-0.4, -0.2) is 32.9 Å². The van der Waals surface area contributed by atoms with E-state index in [4.69, 9.17) is 0 Å². The molecule has 1 fully saturated rings. The van der Waals surface area contributed by atoms with Gasteiger partial charge in [-0.2, -0.15) is 9.90 Å². The average Bonchev–Trinajstić information content (AvgIpc) is 2.73. The zero-order chi connectivity index (χ0) is 14.0. The first kappa shape index (κ1) is 13.9. The third-order valence-electron chi connectivity index (χ3n) is 3.37. The Kier molecular flexibility index (Phi) is 3.82. The summed E-state index contributed by atoms with van der Waals surface area (Å²) in [4.78, 5) is 13.5. The highest BCUT2D eigenvalue weighted by molar-refractivity contribution is 5.93. The predicted molar refractivity (Wildman–Crippen MR) is 65.1 cm³/mol. The minimum absolute atomic E-state index is 0.168. The largest absolute Gasteiger partial charge is 0.348 e. The van der Waals surface area contributed by atoms with E-state index in [-0.39, 0.29) is 30.5 Å². The normalized spacial score (nSPS) is 19.4. The van der Waals surface area contributed by atoms with Gasteiger partial charge in [0.05, 0.1) is 12.2 Å². The van der Waals surface area contributed by atoms with Crippen LogP contribution in [0, 0.1) is 6.92 Å². The molecule has 0 unspecified atom stereocenters. The predicted octanol–water partition coefficient (Wildman–Crippen LogP) is 1.91. The number of nitrogens with zero attached hydrogens (tertiary/aromatic N) is 3. The van der Waals surface area contributed by atoms with Crippen LogP contribution < -0.4 is 5.32 Å². The molecule has 0 radical (unpaired) electrons. The molecule has 1 amide bonds. The summed E-state index contributed by atoms with van der Waals surface area (Å²) in [5.74, 6) is -2.91. The molecular formula is C12H18F2N4O. The molecule has 19 heavy (non-hydrogen) atoms. The van der Waals surface area contributed by atoms with Crippen molar-refractivity contribution in [3.63, 3.8) is 0 Å². The van der Waals surface area contributed by atoms with Gasteiger partial charge in [-0.15, -0.1) is 5.10 Å². The van der Waals surface area contributed by atoms with Crippen LogP contribution in [0.4, 0.5) is 8.78 Å². The van der Waals surface area contributed by atoms with Gasteiger partial charge >= 0.3 is 0 Å². The van der Waals surface area contributed by atoms with Crippen molar-refractivity contribution in [3.05, 3.63) is 11.4 Å². The highest BCUT2D eigenvalue weighted by atomic mass is 19.3. The Bertz CT molecular complexity index is 462. The molecule has 0 aliphatic heterocycles. The fourth-order valence-corrected chi connectivity index (χ4v) is 2.22. The molecule has 0 spiro atoms. The Morgan fingerprint density at radius 2 is 2.05 bits per heavy atom. The van der Waals surface area contributed by atoms with Crippen molar-refractivity contribution in [1.29, 1.82) is 0 Å². The van der Waals surface area contributed by atoms with Crippen molar-refractivity contribution >= 4 is 5.91 Å². The lowest BCUT2D eigenvalue weighted by molar-refractivity contribution is -0.0399. The molecule has 0 bridgehead atoms. The summed E-state index contributed by atoms with van der Waals surface area (Å²) >= 11 is 0. The van der Waals surface area contributed by atoms with Crippen molar-refractivity contribution in [2.24, 2.45) is 0 Å². The van der Waals surface area contributed by atoms with Gasteiger partial charge in [0.15, 0.2) is 5.69 Å². The van der Waals surface area contributed by atoms with Crippen LogP contribution in [-0.2, 0) is 6.54 Å². The van der Waals surface area contributed by atoms with Crippen LogP contribution in [0.5, 0.6) is 0 Å². The van der Waals surface area contributed by atoms with Gasteiger partial charge < -0.3 is 5.32 Å². The van der Waals surface area contributed by atoms with Crippen LogP contribution in [0.2, 0.25) is 0 Å². The minimum atomic E-state index is -2.58. The SMILES string of the molecule is CCn1nc(C)c(C(=O)NC2CCC(F)(F)CC2)n1. The van der Waals surface area contributed by atoms with Crippen molar-refractivity contribution in [3.8, 4) is 0 Å². The average molecular weight is 272 g/mol. The second-order valence-electron chi connectivity index (χ2n) is 4.93. The number of rotatable bonds is 3. The quantitative estimate of drug-likeness (QED) is 0.914. The molecule has 1 heterocycles. The molecule has 2 rings (SSSR count). The fraction of sp³-hybridized carbons (Fsp3) is 0.750. The van der Waals surface area contributed by atoms with Gasteiger partial charge in [-0.1, -0.05) is 0 Å². The topological polar surface area (TPSA) is 59.8 Å². The van der Waals surface area contributed by atoms with Crippen molar-refractivity contribution in [2.75, 3.05) is 0 Å². The van der Waals surface area contributed by atoms with E-state index in [2.05, 4.69) is 15.5 Å². The van der Waals surface area contributed by atoms with Crippen LogP contribution >= 0.6 is 0 Å². The summed E-state index contributed by atoms with van der Waals surface area (Å²) in [6.45, 7) is 4.18. The molecule has 7 heteroatoms. The molecule has 1 aromatic heterocycles. The Hall–Kier alpha value is -1.53. The molecule has 1 saturated carbocycles. The second kappa shape index (κ2) is 5.22. The maximum Gasteiger partial charge on any atom is 0.273 e. The van der Waals surface area contributed by atoms with Crippen molar-refractivity contribution < 1.29 is 13.6 Å². The standard InChI is InChI=1S/C12H18F2N4O/c1-3-18-16-8(2)10(17-18)11(19)15-9-4-6-12(13,14)7-5-9/h9H,3-7H2,1-2H3,(H,15,19). The number of carbonyl (C=O) groups excluding carboxylic acids is 1. The van der Waals surface area contributed by atoms with E-state index in [1.807, 2.05) is 6.92 Å². The Labute approximate surface area is 110 Å². The van der Waals surface area contributed by atoms with E-state index >= 15 is 0 Å². The molecule has 1 aromatic rings. The van der Waals surface area contributed by atoms with Gasteiger partial charge in [0.1, 0.15) is 0 Å². The van der Waals surface area contributed by atoms with Crippen molar-refractivity contribution in [2.45, 2.75) is 58.0 Å². The number of nitrogens with one attached hydrogen (secondary N) is 1. The highest BCUT2D eigenvalue weighted by Crippen LogP contribution is 2.33. The maximum absolute atomic E-state index is 13.0. The Morgan fingerprint density at radius 3 is 2.58 bits per heavy atom. The monoisotopic (exact) mass is 272 g/mol. The number of carbonyl (C=O) groups is 1. The van der Waals surface area contributed by atoms with E-state index in [0.29, 0.717) is 25.1 Å². The molecular weight excluding hydrogens is 254 g/mol. The molecule has 1 aliphatic carbocycles. The lowest BCUT2D eigenvalue weighted by Crippen LogP contribution is -2.40. The number of amides is 1. The summed E-state index contributed by atoms with van der Waals surface area (Å²) in [7, 11) is 0. The number of aromatic nitrogens is 3. The molecule has 1 N–H and O–H groups in total. The minimum Gasteiger partial charge on any atom is -0.348 e. The van der Waals surface area contributed by atoms with Gasteiger partial charge in [-0.05, 0) is 26.7 Å². The Morgan fingerprint density at radius 1 is 1.42 bits per heavy atom. The van der Waals surface area contributed by atoms with Crippen LogP contribution in [0.3, 0.4) is 0 Å². The van der Waals surface area contributed by atoms with E-state index in [1.165, 1.54) is 4.80 Å². The first-order valence-electron chi connectivity index (χ1n) is 6.51. The van der Waals surface area contributed by atoms with Gasteiger partial charge in [0.2, 0.25) is 5.92 Å². The van der Waals surface area contributed by atoms with Gasteiger partial charge in [0, 0.05) is 18.9 Å². The molecule has 5 nitrogen and oxygen atoms in total. The highest BCUT2D eigenvalue weighted by Gasteiger charge is 2.35. The molecule has 0 saturated heterocycles. The molecule has 0 atom stereocenters. The summed E-state index contributed by atoms with van der Waals surface area (Å²) in [5, 5.41) is 10.9. The zero-order valence-corrected chi connectivity index (χ0v) is 11.1. The lowest BCUT2D eigenvalue weighted by Gasteiger charge is -2.28. The first-order chi connectivity index (χ1) is 8.91. The molecule has 106 valence electrons. The number of halogens is 2. The third kappa shape index (κ3) is 3.27. The summed E-state index contributed by atoms with van der Waals surface area (Å²) < 4.78 is 26.0. The maximum atomic E-state index is 13.0. The first-order valence-corrected chi connectivity index (χ1v) is 6.51. The van der Waals surface area contributed by atoms with Crippen LogP contribution in [0.25, 0.3) is 0 Å². The molecule has 1 aliphatic rings. The number of aryl methyl sites for hydroxylation is 2. The van der Waals surface area contributed by atoms with E-state index < -0.39 is 5.92 Å². The van der Waals surface area contributed by atoms with Gasteiger partial charge in [-0.3, -0.25) is 4.79 Å². The van der Waals surface area contributed by atoms with Crippen molar-refractivity contribution in [1.82, 2.24) is 20.3 Å². The van der Waals surface area contributed by atoms with E-state index in [9.17, 15) is 13.6 Å². The smallest absolute Gasteiger partial charge is 0.273 e. The summed E-state index contributed by atoms with van der Waals surface area (Å²) in [6.07, 6.45) is 0.274. The molecule has 0 aromatic carbocycles. The summed E-state index contributed by atoms with van der Waals surface area (Å²) in [6, 6.07) is -0.196. The van der Waals surface area contributed by atoms with Crippen LogP contribution in [0.1, 0.15) is 48.8 Å². The van der Waals surface area contributed by atoms with Crippen LogP contribution in [0.15, 0.2) is 0 Å². The Balaban J connectivity index is 1.96. The fourth-order valence-electron chi connectivity index (χ4n) is 2.22. The number of hydrogen-bond donors (Lipinski definition) is 1. The number of hydrogen-bond acceptors (Lipinski definition) is 3. The third-order valence-corrected chi connectivity index (χ3v) is 3.37. The second-order valence-corrected chi connectivity index (χ2v) is 4.93. The van der Waals surface area contributed by atoms with Gasteiger partial charge in [-0.25, -0.2) is 8.78 Å². The summed E-state index contributed by atoms with van der Waals surface area (Å²) in [5.41, 5.74) is 0.833.